The highest BCUT2D eigenvalue weighted by Crippen LogP contribution is 2.34. The Morgan fingerprint density at radius 3 is 2.20 bits per heavy atom. The Bertz CT molecular complexity index is 732. The van der Waals surface area contributed by atoms with E-state index in [4.69, 9.17) is 0 Å². The molecular weight excluding hydrogens is 308 g/mol. The van der Waals surface area contributed by atoms with Gasteiger partial charge in [-0.05, 0) is 55.2 Å². The van der Waals surface area contributed by atoms with Gasteiger partial charge in [0.25, 0.3) is 0 Å². The molecule has 132 valence electrons. The van der Waals surface area contributed by atoms with Crippen molar-refractivity contribution in [2.75, 3.05) is 31.1 Å². The SMILES string of the molecule is Cc1cc(C2CN(c3ccccc3)C2)cc(C)c1CN1CC(C)(O)C1. The summed E-state index contributed by atoms with van der Waals surface area (Å²) in [6.07, 6.45) is 0. The van der Waals surface area contributed by atoms with Gasteiger partial charge >= 0.3 is 0 Å². The zero-order valence-electron chi connectivity index (χ0n) is 15.5. The Kier molecular flexibility index (Phi) is 4.09. The monoisotopic (exact) mass is 336 g/mol. The number of aryl methyl sites for hydroxylation is 2. The van der Waals surface area contributed by atoms with Crippen LogP contribution in [0.4, 0.5) is 5.69 Å². The van der Waals surface area contributed by atoms with Crippen molar-refractivity contribution in [2.45, 2.75) is 38.8 Å². The van der Waals surface area contributed by atoms with Gasteiger partial charge < -0.3 is 10.0 Å². The smallest absolute Gasteiger partial charge is 0.0872 e. The van der Waals surface area contributed by atoms with Crippen molar-refractivity contribution < 1.29 is 5.11 Å². The molecule has 3 nitrogen and oxygen atoms in total. The number of hydrogen-bond donors (Lipinski definition) is 1. The second kappa shape index (κ2) is 6.15. The van der Waals surface area contributed by atoms with Crippen LogP contribution in [0.2, 0.25) is 0 Å². The molecule has 4 rings (SSSR count). The summed E-state index contributed by atoms with van der Waals surface area (Å²) in [4.78, 5) is 4.78. The highest BCUT2D eigenvalue weighted by atomic mass is 16.3. The average molecular weight is 336 g/mol. The van der Waals surface area contributed by atoms with Crippen LogP contribution in [-0.4, -0.2) is 41.8 Å². The van der Waals surface area contributed by atoms with Gasteiger partial charge in [-0.3, -0.25) is 4.90 Å². The van der Waals surface area contributed by atoms with Crippen LogP contribution in [0.25, 0.3) is 0 Å². The van der Waals surface area contributed by atoms with Crippen LogP contribution in [0, 0.1) is 13.8 Å². The van der Waals surface area contributed by atoms with Gasteiger partial charge in [0, 0.05) is 44.3 Å². The number of hydrogen-bond acceptors (Lipinski definition) is 3. The maximum atomic E-state index is 9.93. The number of rotatable bonds is 4. The Morgan fingerprint density at radius 2 is 1.64 bits per heavy atom. The zero-order chi connectivity index (χ0) is 17.6. The summed E-state index contributed by atoms with van der Waals surface area (Å²) in [5, 5.41) is 9.93. The van der Waals surface area contributed by atoms with Gasteiger partial charge in [0.2, 0.25) is 0 Å². The summed E-state index contributed by atoms with van der Waals surface area (Å²) >= 11 is 0. The van der Waals surface area contributed by atoms with Gasteiger partial charge in [0.15, 0.2) is 0 Å². The third kappa shape index (κ3) is 3.31. The van der Waals surface area contributed by atoms with Crippen LogP contribution in [-0.2, 0) is 6.54 Å². The van der Waals surface area contributed by atoms with Crippen LogP contribution < -0.4 is 4.90 Å². The molecule has 0 aromatic heterocycles. The van der Waals surface area contributed by atoms with Crippen molar-refractivity contribution in [1.82, 2.24) is 4.90 Å². The number of β-amino-alcohol motifs (C(OH)–C–C–N with tert-alkyl or cyclic N) is 1. The molecule has 25 heavy (non-hydrogen) atoms. The van der Waals surface area contributed by atoms with Gasteiger partial charge in [0.1, 0.15) is 0 Å². The summed E-state index contributed by atoms with van der Waals surface area (Å²) in [6.45, 7) is 11.1. The Labute approximate surface area is 150 Å². The molecule has 1 N–H and O–H groups in total. The highest BCUT2D eigenvalue weighted by Gasteiger charge is 2.36. The minimum Gasteiger partial charge on any atom is -0.388 e. The van der Waals surface area contributed by atoms with E-state index >= 15 is 0 Å². The van der Waals surface area contributed by atoms with Crippen LogP contribution in [0.3, 0.4) is 0 Å². The van der Waals surface area contributed by atoms with Gasteiger partial charge in [-0.2, -0.15) is 0 Å². The van der Waals surface area contributed by atoms with E-state index in [0.717, 1.165) is 32.7 Å². The van der Waals surface area contributed by atoms with E-state index in [0.29, 0.717) is 5.92 Å². The van der Waals surface area contributed by atoms with Gasteiger partial charge in [-0.25, -0.2) is 0 Å². The molecule has 3 heteroatoms. The van der Waals surface area contributed by atoms with Crippen LogP contribution in [0.15, 0.2) is 42.5 Å². The molecule has 2 saturated heterocycles. The standard InChI is InChI=1S/C22H28N2O/c1-16-9-18(19-11-24(12-19)20-7-5-4-6-8-20)10-17(2)21(16)13-23-14-22(3,25)15-23/h4-10,19,25H,11-15H2,1-3H3. The summed E-state index contributed by atoms with van der Waals surface area (Å²) in [5.74, 6) is 0.636. The largest absolute Gasteiger partial charge is 0.388 e. The third-order valence-corrected chi connectivity index (χ3v) is 5.70. The molecule has 2 aliphatic rings. The molecule has 0 amide bonds. The molecule has 0 bridgehead atoms. The van der Waals surface area contributed by atoms with Crippen molar-refractivity contribution >= 4 is 5.69 Å². The zero-order valence-corrected chi connectivity index (χ0v) is 15.5. The minimum atomic E-state index is -0.491. The lowest BCUT2D eigenvalue weighted by Gasteiger charge is -2.45. The van der Waals surface area contributed by atoms with Crippen LogP contribution in [0.1, 0.15) is 35.1 Å². The summed E-state index contributed by atoms with van der Waals surface area (Å²) in [7, 11) is 0. The predicted octanol–water partition coefficient (Wildman–Crippen LogP) is 3.47. The minimum absolute atomic E-state index is 0.491. The molecule has 2 aromatic carbocycles. The van der Waals surface area contributed by atoms with E-state index < -0.39 is 5.60 Å². The van der Waals surface area contributed by atoms with Gasteiger partial charge in [-0.15, -0.1) is 0 Å². The molecule has 2 fully saturated rings. The molecule has 0 aliphatic carbocycles. The maximum Gasteiger partial charge on any atom is 0.0872 e. The Balaban J connectivity index is 1.43. The van der Waals surface area contributed by atoms with Crippen molar-refractivity contribution in [2.24, 2.45) is 0 Å². The third-order valence-electron chi connectivity index (χ3n) is 5.70. The van der Waals surface area contributed by atoms with E-state index in [2.05, 4.69) is 66.1 Å². The molecule has 0 saturated carbocycles. The van der Waals surface area contributed by atoms with E-state index in [9.17, 15) is 5.11 Å². The van der Waals surface area contributed by atoms with E-state index in [-0.39, 0.29) is 0 Å². The first-order valence-corrected chi connectivity index (χ1v) is 9.26. The van der Waals surface area contributed by atoms with Crippen LogP contribution in [0.5, 0.6) is 0 Å². The molecule has 2 aromatic rings. The molecule has 0 atom stereocenters. The number of aliphatic hydroxyl groups is 1. The second-order valence-electron chi connectivity index (χ2n) is 8.21. The number of para-hydroxylation sites is 1. The number of likely N-dealkylation sites (tertiary alicyclic amines) is 1. The predicted molar refractivity (Wildman–Crippen MR) is 103 cm³/mol. The molecule has 0 spiro atoms. The lowest BCUT2D eigenvalue weighted by atomic mass is 9.86. The fourth-order valence-electron chi connectivity index (χ4n) is 4.30. The second-order valence-corrected chi connectivity index (χ2v) is 8.21. The fraction of sp³-hybridized carbons (Fsp3) is 0.455. The average Bonchev–Trinajstić information content (AvgIpc) is 2.48. The topological polar surface area (TPSA) is 26.7 Å². The Hall–Kier alpha value is -1.84. The first-order chi connectivity index (χ1) is 11.9. The molecule has 2 heterocycles. The first kappa shape index (κ1) is 16.6. The van der Waals surface area contributed by atoms with E-state index in [1.165, 1.54) is 27.9 Å². The summed E-state index contributed by atoms with van der Waals surface area (Å²) < 4.78 is 0. The van der Waals surface area contributed by atoms with E-state index in [1.54, 1.807) is 0 Å². The van der Waals surface area contributed by atoms with Crippen LogP contribution >= 0.6 is 0 Å². The Morgan fingerprint density at radius 1 is 1.04 bits per heavy atom. The first-order valence-electron chi connectivity index (χ1n) is 9.26. The highest BCUT2D eigenvalue weighted by molar-refractivity contribution is 5.51. The van der Waals surface area contributed by atoms with Crippen molar-refractivity contribution in [3.63, 3.8) is 0 Å². The van der Waals surface area contributed by atoms with E-state index in [1.807, 2.05) is 6.92 Å². The quantitative estimate of drug-likeness (QED) is 0.926. The molecule has 0 radical (unpaired) electrons. The van der Waals surface area contributed by atoms with Crippen molar-refractivity contribution in [1.29, 1.82) is 0 Å². The summed E-state index contributed by atoms with van der Waals surface area (Å²) in [5.41, 5.74) is 6.52. The van der Waals surface area contributed by atoms with Gasteiger partial charge in [-0.1, -0.05) is 30.3 Å². The van der Waals surface area contributed by atoms with Gasteiger partial charge in [0.05, 0.1) is 5.60 Å². The lowest BCUT2D eigenvalue weighted by Crippen LogP contribution is -2.59. The molecule has 2 aliphatic heterocycles. The fourth-order valence-corrected chi connectivity index (χ4v) is 4.30. The maximum absolute atomic E-state index is 9.93. The normalized spacial score (nSPS) is 20.2. The van der Waals surface area contributed by atoms with Crippen molar-refractivity contribution in [3.8, 4) is 0 Å². The number of benzene rings is 2. The molecular formula is C22H28N2O. The van der Waals surface area contributed by atoms with Crippen molar-refractivity contribution in [3.05, 3.63) is 64.7 Å². The number of anilines is 1. The summed E-state index contributed by atoms with van der Waals surface area (Å²) in [6, 6.07) is 15.4. The number of nitrogens with zero attached hydrogens (tertiary/aromatic N) is 2. The lowest BCUT2D eigenvalue weighted by molar-refractivity contribution is -0.0872. The molecule has 0 unspecified atom stereocenters.